The van der Waals surface area contributed by atoms with E-state index in [1.165, 1.54) is 88.1 Å². The number of hydrogen-bond acceptors (Lipinski definition) is 6. The molecule has 0 radical (unpaired) electrons. The fourth-order valence-electron chi connectivity index (χ4n) is 11.3. The SMILES string of the molecule is CC(C)(C)c1ccc2c(c1)c1c(-c3ccc(OCCCOc4ccco4)cc3)ccc3c1n2-c1cccc2c1B3c1cc(C(C)(C)C)cc3c4ccc(-c5ccc(OCCCOc6ccco6)cc5)cc4n-2c13. The van der Waals surface area contributed by atoms with Gasteiger partial charge in [0.2, 0.25) is 0 Å². The van der Waals surface area contributed by atoms with E-state index in [-0.39, 0.29) is 17.5 Å². The summed E-state index contributed by atoms with van der Waals surface area (Å²) in [5.74, 6) is 2.73. The molecule has 0 saturated heterocycles. The van der Waals surface area contributed by atoms with Crippen molar-refractivity contribution in [3.63, 3.8) is 0 Å². The first-order chi connectivity index (χ1) is 35.5. The van der Waals surface area contributed by atoms with E-state index >= 15 is 0 Å². The van der Waals surface area contributed by atoms with E-state index in [1.807, 2.05) is 24.3 Å². The van der Waals surface area contributed by atoms with Gasteiger partial charge in [-0.25, -0.2) is 0 Å². The van der Waals surface area contributed by atoms with Crippen LogP contribution in [0.3, 0.4) is 0 Å². The summed E-state index contributed by atoms with van der Waals surface area (Å²) in [6.45, 7) is 16.1. The van der Waals surface area contributed by atoms with E-state index in [0.717, 1.165) is 41.0 Å². The van der Waals surface area contributed by atoms with E-state index in [4.69, 9.17) is 27.8 Å². The summed E-state index contributed by atoms with van der Waals surface area (Å²) in [7, 11) is 0. The molecule has 0 amide bonds. The number of hydrogen-bond donors (Lipinski definition) is 0. The van der Waals surface area contributed by atoms with E-state index in [1.54, 1.807) is 12.5 Å². The minimum atomic E-state index is -0.0786. The predicted molar refractivity (Wildman–Crippen MR) is 297 cm³/mol. The molecule has 2 aliphatic rings. The van der Waals surface area contributed by atoms with Gasteiger partial charge in [0.15, 0.2) is 0 Å². The lowest BCUT2D eigenvalue weighted by atomic mass is 9.34. The lowest BCUT2D eigenvalue weighted by Crippen LogP contribution is -2.59. The number of benzene rings is 7. The summed E-state index contributed by atoms with van der Waals surface area (Å²) in [5, 5.41) is 5.11. The first-order valence-corrected chi connectivity index (χ1v) is 25.6. The van der Waals surface area contributed by atoms with Crippen LogP contribution < -0.4 is 35.3 Å². The van der Waals surface area contributed by atoms with Crippen molar-refractivity contribution in [1.29, 1.82) is 0 Å². The predicted octanol–water partition coefficient (Wildman–Crippen LogP) is 13.8. The summed E-state index contributed by atoms with van der Waals surface area (Å²) in [4.78, 5) is 0. The summed E-state index contributed by atoms with van der Waals surface area (Å²) in [5.41, 5.74) is 18.7. The molecule has 4 aromatic heterocycles. The molecule has 362 valence electrons. The van der Waals surface area contributed by atoms with E-state index in [9.17, 15) is 0 Å². The maximum atomic E-state index is 6.21. The maximum Gasteiger partial charge on any atom is 0.284 e. The maximum absolute atomic E-state index is 6.21. The van der Waals surface area contributed by atoms with Crippen molar-refractivity contribution in [3.05, 3.63) is 175 Å². The van der Waals surface area contributed by atoms with Crippen LogP contribution in [0.15, 0.2) is 173 Å². The lowest BCUT2D eigenvalue weighted by Gasteiger charge is -2.34. The number of fused-ring (bicyclic) bond motifs is 10. The molecule has 13 rings (SSSR count). The van der Waals surface area contributed by atoms with Gasteiger partial charge in [0.25, 0.3) is 18.6 Å². The molecule has 11 aromatic rings. The molecular formula is C64H57BN2O6. The van der Waals surface area contributed by atoms with Crippen LogP contribution in [0.5, 0.6) is 23.4 Å². The largest absolute Gasteiger partial charge is 0.493 e. The van der Waals surface area contributed by atoms with E-state index in [2.05, 4.69) is 178 Å². The third kappa shape index (κ3) is 7.67. The van der Waals surface area contributed by atoms with Crippen molar-refractivity contribution in [3.8, 4) is 57.0 Å². The van der Waals surface area contributed by atoms with Gasteiger partial charge in [-0.1, -0.05) is 108 Å². The molecule has 0 N–H and O–H groups in total. The Labute approximate surface area is 425 Å². The third-order valence-electron chi connectivity index (χ3n) is 15.0. The van der Waals surface area contributed by atoms with Crippen molar-refractivity contribution in [2.24, 2.45) is 0 Å². The Morgan fingerprint density at radius 2 is 1.04 bits per heavy atom. The van der Waals surface area contributed by atoms with Crippen LogP contribution in [-0.2, 0) is 10.8 Å². The molecule has 0 fully saturated rings. The topological polar surface area (TPSA) is 73.1 Å². The van der Waals surface area contributed by atoms with Crippen molar-refractivity contribution >= 4 is 66.7 Å². The van der Waals surface area contributed by atoms with Crippen LogP contribution in [0, 0.1) is 0 Å². The molecule has 8 nitrogen and oxygen atoms in total. The average Bonchev–Trinajstić information content (AvgIpc) is 4.23. The van der Waals surface area contributed by atoms with Crippen LogP contribution in [0.25, 0.3) is 77.2 Å². The molecule has 0 unspecified atom stereocenters. The van der Waals surface area contributed by atoms with Gasteiger partial charge in [-0.05, 0) is 133 Å². The zero-order chi connectivity index (χ0) is 49.6. The van der Waals surface area contributed by atoms with Gasteiger partial charge >= 0.3 is 0 Å². The Kier molecular flexibility index (Phi) is 10.7. The standard InChI is InChI=1S/C64H57BN2O6/c1-63(2,3)43-21-29-53-50(37-43)59-47(41-18-24-46(25-19-41)69-33-11-35-73-58-15-9-31-71-58)27-28-51-62(59)66(53)54-12-7-13-55-60(54)65(51)52-39-44(64(4,5)6)38-49-48-26-20-42(36-56(48)67(55)61(49)52)40-16-22-45(23-17-40)68-32-10-34-72-57-14-8-30-70-57/h7-9,12-31,36-39H,10-11,32-35H2,1-6H3. The molecule has 0 bridgehead atoms. The van der Waals surface area contributed by atoms with Crippen molar-refractivity contribution < 1.29 is 27.8 Å². The highest BCUT2D eigenvalue weighted by molar-refractivity contribution is 7.00. The second-order valence-corrected chi connectivity index (χ2v) is 21.7. The molecule has 9 heteroatoms. The number of aromatic nitrogens is 2. The highest BCUT2D eigenvalue weighted by Crippen LogP contribution is 2.44. The summed E-state index contributed by atoms with van der Waals surface area (Å²) >= 11 is 0. The monoisotopic (exact) mass is 960 g/mol. The van der Waals surface area contributed by atoms with Crippen LogP contribution in [0.4, 0.5) is 0 Å². The van der Waals surface area contributed by atoms with Gasteiger partial charge in [0.1, 0.15) is 11.5 Å². The molecule has 0 saturated carbocycles. The zero-order valence-electron chi connectivity index (χ0n) is 42.3. The highest BCUT2D eigenvalue weighted by Gasteiger charge is 2.42. The molecule has 0 atom stereocenters. The molecule has 7 aromatic carbocycles. The summed E-state index contributed by atoms with van der Waals surface area (Å²) < 4.78 is 39.4. The minimum absolute atomic E-state index is 0.0134. The van der Waals surface area contributed by atoms with E-state index < -0.39 is 0 Å². The van der Waals surface area contributed by atoms with Crippen molar-refractivity contribution in [2.75, 3.05) is 26.4 Å². The fourth-order valence-corrected chi connectivity index (χ4v) is 11.3. The molecule has 2 aliphatic heterocycles. The number of furan rings is 2. The first-order valence-electron chi connectivity index (χ1n) is 25.6. The van der Waals surface area contributed by atoms with Gasteiger partial charge in [-0.3, -0.25) is 0 Å². The fraction of sp³-hybridized carbons (Fsp3) is 0.219. The zero-order valence-corrected chi connectivity index (χ0v) is 42.3. The number of ether oxygens (including phenoxy) is 4. The number of nitrogens with zero attached hydrogens (tertiary/aromatic N) is 2. The molecule has 73 heavy (non-hydrogen) atoms. The Morgan fingerprint density at radius 3 is 1.66 bits per heavy atom. The van der Waals surface area contributed by atoms with Crippen LogP contribution in [0.2, 0.25) is 0 Å². The van der Waals surface area contributed by atoms with Gasteiger partial charge in [0, 0.05) is 68.9 Å². The Balaban J connectivity index is 0.924. The summed E-state index contributed by atoms with van der Waals surface area (Å²) in [6.07, 6.45) is 4.73. The van der Waals surface area contributed by atoms with Crippen LogP contribution >= 0.6 is 0 Å². The quantitative estimate of drug-likeness (QED) is 0.0799. The Bertz CT molecular complexity index is 3870. The second-order valence-electron chi connectivity index (χ2n) is 21.7. The summed E-state index contributed by atoms with van der Waals surface area (Å²) in [6, 6.07) is 55.4. The first kappa shape index (κ1) is 44.9. The highest BCUT2D eigenvalue weighted by atomic mass is 16.6. The molecule has 0 spiro atoms. The average molecular weight is 961 g/mol. The molecular weight excluding hydrogens is 904 g/mol. The minimum Gasteiger partial charge on any atom is -0.493 e. The van der Waals surface area contributed by atoms with E-state index in [0.29, 0.717) is 38.3 Å². The van der Waals surface area contributed by atoms with Gasteiger partial charge in [0.05, 0.1) is 50.0 Å². The van der Waals surface area contributed by atoms with Gasteiger partial charge in [-0.2, -0.15) is 0 Å². The lowest BCUT2D eigenvalue weighted by molar-refractivity contribution is 0.210. The normalized spacial score (nSPS) is 12.8. The van der Waals surface area contributed by atoms with Crippen molar-refractivity contribution in [1.82, 2.24) is 9.13 Å². The number of rotatable bonds is 14. The van der Waals surface area contributed by atoms with Gasteiger partial charge in [-0.15, -0.1) is 0 Å². The van der Waals surface area contributed by atoms with Gasteiger partial charge < -0.3 is 36.9 Å². The smallest absolute Gasteiger partial charge is 0.284 e. The molecule has 6 heterocycles. The second kappa shape index (κ2) is 17.3. The van der Waals surface area contributed by atoms with Crippen LogP contribution in [0.1, 0.15) is 65.5 Å². The van der Waals surface area contributed by atoms with Crippen LogP contribution in [-0.4, -0.2) is 42.3 Å². The molecule has 0 aliphatic carbocycles. The Hall–Kier alpha value is -8.04. The Morgan fingerprint density at radius 1 is 0.452 bits per heavy atom. The van der Waals surface area contributed by atoms with Crippen molar-refractivity contribution in [2.45, 2.75) is 65.2 Å². The third-order valence-corrected chi connectivity index (χ3v) is 15.0.